The van der Waals surface area contributed by atoms with E-state index in [1.54, 1.807) is 12.3 Å². The Morgan fingerprint density at radius 2 is 2.35 bits per heavy atom. The average Bonchev–Trinajstić information content (AvgIpc) is 2.67. The van der Waals surface area contributed by atoms with Crippen molar-refractivity contribution in [2.24, 2.45) is 0 Å². The summed E-state index contributed by atoms with van der Waals surface area (Å²) in [6.07, 6.45) is 4.93. The lowest BCUT2D eigenvalue weighted by molar-refractivity contribution is -0.123. The summed E-state index contributed by atoms with van der Waals surface area (Å²) in [5.74, 6) is 0.259. The number of rotatable bonds is 3. The van der Waals surface area contributed by atoms with Crippen molar-refractivity contribution in [3.8, 4) is 0 Å². The third-order valence-corrected chi connectivity index (χ3v) is 3.04. The maximum absolute atomic E-state index is 11.7. The molecule has 0 radical (unpaired) electrons. The Bertz CT molecular complexity index is 391. The maximum Gasteiger partial charge on any atom is 0.242 e. The van der Waals surface area contributed by atoms with Crippen LogP contribution in [-0.2, 0) is 11.3 Å². The van der Waals surface area contributed by atoms with Crippen molar-refractivity contribution in [1.29, 1.82) is 0 Å². The van der Waals surface area contributed by atoms with Crippen molar-refractivity contribution in [3.63, 3.8) is 0 Å². The molecule has 0 spiro atoms. The van der Waals surface area contributed by atoms with Gasteiger partial charge in [-0.2, -0.15) is 5.10 Å². The molecule has 6 nitrogen and oxygen atoms in total. The van der Waals surface area contributed by atoms with Crippen molar-refractivity contribution in [2.45, 2.75) is 44.4 Å². The summed E-state index contributed by atoms with van der Waals surface area (Å²) < 4.78 is 1.49. The van der Waals surface area contributed by atoms with E-state index in [1.807, 2.05) is 0 Å². The molecule has 1 heterocycles. The van der Waals surface area contributed by atoms with Crippen LogP contribution in [0.15, 0.2) is 12.3 Å². The molecule has 1 aromatic heterocycles. The molecule has 2 unspecified atom stereocenters. The molecule has 2 atom stereocenters. The number of aromatic nitrogens is 2. The van der Waals surface area contributed by atoms with Crippen LogP contribution in [-0.4, -0.2) is 32.9 Å². The van der Waals surface area contributed by atoms with Gasteiger partial charge in [-0.1, -0.05) is 12.8 Å². The first-order chi connectivity index (χ1) is 8.15. The van der Waals surface area contributed by atoms with Crippen molar-refractivity contribution in [2.75, 3.05) is 5.73 Å². The van der Waals surface area contributed by atoms with E-state index in [2.05, 4.69) is 10.4 Å². The van der Waals surface area contributed by atoms with E-state index >= 15 is 0 Å². The zero-order valence-corrected chi connectivity index (χ0v) is 9.67. The first-order valence-corrected chi connectivity index (χ1v) is 5.91. The highest BCUT2D eigenvalue weighted by Gasteiger charge is 2.24. The van der Waals surface area contributed by atoms with Crippen LogP contribution in [0.1, 0.15) is 25.7 Å². The van der Waals surface area contributed by atoms with Gasteiger partial charge in [-0.05, 0) is 18.9 Å². The second-order valence-electron chi connectivity index (χ2n) is 4.46. The van der Waals surface area contributed by atoms with Crippen LogP contribution in [0.3, 0.4) is 0 Å². The van der Waals surface area contributed by atoms with Gasteiger partial charge in [-0.15, -0.1) is 0 Å². The fraction of sp³-hybridized carbons (Fsp3) is 0.636. The van der Waals surface area contributed by atoms with Crippen LogP contribution in [0.5, 0.6) is 0 Å². The number of hydrogen-bond acceptors (Lipinski definition) is 4. The Morgan fingerprint density at radius 1 is 1.59 bits per heavy atom. The molecule has 94 valence electrons. The predicted octanol–water partition coefficient (Wildman–Crippen LogP) is -0.115. The highest BCUT2D eigenvalue weighted by molar-refractivity contribution is 5.76. The number of aliphatic hydroxyl groups is 1. The van der Waals surface area contributed by atoms with E-state index < -0.39 is 6.10 Å². The first kappa shape index (κ1) is 11.9. The Balaban J connectivity index is 1.84. The van der Waals surface area contributed by atoms with Gasteiger partial charge in [0, 0.05) is 6.20 Å². The van der Waals surface area contributed by atoms with E-state index in [0.717, 1.165) is 25.7 Å². The predicted molar refractivity (Wildman–Crippen MR) is 63.0 cm³/mol. The third kappa shape index (κ3) is 3.20. The number of nitrogens with two attached hydrogens (primary N) is 1. The first-order valence-electron chi connectivity index (χ1n) is 5.91. The number of carbonyl (C=O) groups is 1. The molecule has 1 fully saturated rings. The monoisotopic (exact) mass is 238 g/mol. The molecule has 1 aliphatic rings. The summed E-state index contributed by atoms with van der Waals surface area (Å²) >= 11 is 0. The quantitative estimate of drug-likeness (QED) is 0.684. The molecule has 0 aromatic carbocycles. The fourth-order valence-corrected chi connectivity index (χ4v) is 2.14. The SMILES string of the molecule is Nc1ccn(CC(=O)NC2CCCCC2O)n1. The van der Waals surface area contributed by atoms with Crippen LogP contribution >= 0.6 is 0 Å². The number of nitrogens with zero attached hydrogens (tertiary/aromatic N) is 2. The van der Waals surface area contributed by atoms with E-state index in [4.69, 9.17) is 5.73 Å². The lowest BCUT2D eigenvalue weighted by Gasteiger charge is -2.28. The van der Waals surface area contributed by atoms with E-state index in [1.165, 1.54) is 4.68 Å². The number of amides is 1. The molecule has 6 heteroatoms. The summed E-state index contributed by atoms with van der Waals surface area (Å²) in [5.41, 5.74) is 5.46. The molecule has 1 aromatic rings. The Labute approximate surface area is 99.8 Å². The largest absolute Gasteiger partial charge is 0.391 e. The van der Waals surface area contributed by atoms with Gasteiger partial charge in [0.2, 0.25) is 5.91 Å². The number of nitrogens with one attached hydrogen (secondary N) is 1. The summed E-state index contributed by atoms with van der Waals surface area (Å²) in [5, 5.41) is 16.5. The van der Waals surface area contributed by atoms with E-state index in [-0.39, 0.29) is 18.5 Å². The number of carbonyl (C=O) groups excluding carboxylic acids is 1. The van der Waals surface area contributed by atoms with Crippen molar-refractivity contribution >= 4 is 11.7 Å². The van der Waals surface area contributed by atoms with E-state index in [9.17, 15) is 9.90 Å². The van der Waals surface area contributed by atoms with Gasteiger partial charge >= 0.3 is 0 Å². The fourth-order valence-electron chi connectivity index (χ4n) is 2.14. The molecule has 1 aliphatic carbocycles. The second-order valence-corrected chi connectivity index (χ2v) is 4.46. The van der Waals surface area contributed by atoms with E-state index in [0.29, 0.717) is 5.82 Å². The molecular formula is C11H18N4O2. The van der Waals surface area contributed by atoms with Gasteiger partial charge in [-0.25, -0.2) is 0 Å². The minimum absolute atomic E-state index is 0.121. The molecule has 1 amide bonds. The molecule has 17 heavy (non-hydrogen) atoms. The normalized spacial score (nSPS) is 24.5. The smallest absolute Gasteiger partial charge is 0.242 e. The minimum atomic E-state index is -0.421. The van der Waals surface area contributed by atoms with Gasteiger partial charge in [0.15, 0.2) is 0 Å². The van der Waals surface area contributed by atoms with Gasteiger partial charge < -0.3 is 16.2 Å². The summed E-state index contributed by atoms with van der Waals surface area (Å²) in [7, 11) is 0. The zero-order valence-electron chi connectivity index (χ0n) is 9.67. The van der Waals surface area contributed by atoms with Gasteiger partial charge in [0.1, 0.15) is 12.4 Å². The Morgan fingerprint density at radius 3 is 3.00 bits per heavy atom. The molecule has 0 aliphatic heterocycles. The van der Waals surface area contributed by atoms with Crippen molar-refractivity contribution in [3.05, 3.63) is 12.3 Å². The molecule has 1 saturated carbocycles. The maximum atomic E-state index is 11.7. The van der Waals surface area contributed by atoms with Gasteiger partial charge in [0.05, 0.1) is 12.1 Å². The topological polar surface area (TPSA) is 93.2 Å². The average molecular weight is 238 g/mol. The number of aliphatic hydroxyl groups excluding tert-OH is 1. The number of hydrogen-bond donors (Lipinski definition) is 3. The van der Waals surface area contributed by atoms with Crippen molar-refractivity contribution < 1.29 is 9.90 Å². The molecular weight excluding hydrogens is 220 g/mol. The van der Waals surface area contributed by atoms with Crippen LogP contribution < -0.4 is 11.1 Å². The Hall–Kier alpha value is -1.56. The van der Waals surface area contributed by atoms with Crippen LogP contribution in [0, 0.1) is 0 Å². The highest BCUT2D eigenvalue weighted by atomic mass is 16.3. The molecule has 2 rings (SSSR count). The molecule has 0 bridgehead atoms. The van der Waals surface area contributed by atoms with Gasteiger partial charge in [0.25, 0.3) is 0 Å². The molecule has 4 N–H and O–H groups in total. The van der Waals surface area contributed by atoms with Crippen LogP contribution in [0.2, 0.25) is 0 Å². The number of nitrogen functional groups attached to an aromatic ring is 1. The van der Waals surface area contributed by atoms with Crippen molar-refractivity contribution in [1.82, 2.24) is 15.1 Å². The highest BCUT2D eigenvalue weighted by Crippen LogP contribution is 2.18. The summed E-state index contributed by atoms with van der Waals surface area (Å²) in [6.45, 7) is 0.139. The van der Waals surface area contributed by atoms with Gasteiger partial charge in [-0.3, -0.25) is 9.48 Å². The Kier molecular flexibility index (Phi) is 3.63. The third-order valence-electron chi connectivity index (χ3n) is 3.04. The van der Waals surface area contributed by atoms with Crippen LogP contribution in [0.25, 0.3) is 0 Å². The standard InChI is InChI=1S/C11H18N4O2/c12-10-5-6-15(14-10)7-11(17)13-8-3-1-2-4-9(8)16/h5-6,8-9,16H,1-4,7H2,(H2,12,14)(H,13,17). The molecule has 0 saturated heterocycles. The minimum Gasteiger partial charge on any atom is -0.391 e. The summed E-state index contributed by atoms with van der Waals surface area (Å²) in [4.78, 5) is 11.7. The lowest BCUT2D eigenvalue weighted by atomic mass is 9.92. The second kappa shape index (κ2) is 5.18. The zero-order chi connectivity index (χ0) is 12.3. The lowest BCUT2D eigenvalue weighted by Crippen LogP contribution is -2.46. The number of anilines is 1. The van der Waals surface area contributed by atoms with Crippen LogP contribution in [0.4, 0.5) is 5.82 Å². The summed E-state index contributed by atoms with van der Waals surface area (Å²) in [6, 6.07) is 1.52.